The first kappa shape index (κ1) is 10.7. The molecule has 0 amide bonds. The molecule has 2 atom stereocenters. The van der Waals surface area contributed by atoms with Crippen LogP contribution in [0.5, 0.6) is 0 Å². The van der Waals surface area contributed by atoms with E-state index >= 15 is 0 Å². The minimum absolute atomic E-state index is 0.427. The lowest BCUT2D eigenvalue weighted by Gasteiger charge is -2.36. The molecule has 1 aliphatic heterocycles. The van der Waals surface area contributed by atoms with E-state index in [-0.39, 0.29) is 0 Å². The van der Waals surface area contributed by atoms with Crippen LogP contribution in [0.1, 0.15) is 33.1 Å². The first-order chi connectivity index (χ1) is 6.09. The summed E-state index contributed by atoms with van der Waals surface area (Å²) in [5.41, 5.74) is 7.18. The third kappa shape index (κ3) is 3.49. The lowest BCUT2D eigenvalue weighted by atomic mass is 9.99. The van der Waals surface area contributed by atoms with Gasteiger partial charge in [-0.25, -0.2) is 0 Å². The molecule has 2 heteroatoms. The van der Waals surface area contributed by atoms with Crippen LogP contribution >= 0.6 is 0 Å². The minimum Gasteiger partial charge on any atom is -0.328 e. The van der Waals surface area contributed by atoms with Gasteiger partial charge in [0, 0.05) is 18.6 Å². The second-order valence-electron chi connectivity index (χ2n) is 4.38. The van der Waals surface area contributed by atoms with Crippen molar-refractivity contribution in [3.8, 4) is 0 Å². The van der Waals surface area contributed by atoms with Crippen molar-refractivity contribution in [2.24, 2.45) is 5.73 Å². The van der Waals surface area contributed by atoms with Crippen molar-refractivity contribution in [2.75, 3.05) is 13.1 Å². The van der Waals surface area contributed by atoms with Crippen LogP contribution in [-0.4, -0.2) is 30.1 Å². The highest BCUT2D eigenvalue weighted by Crippen LogP contribution is 2.16. The molecule has 2 N–H and O–H groups in total. The van der Waals surface area contributed by atoms with Crippen LogP contribution in [0.25, 0.3) is 0 Å². The molecule has 0 bridgehead atoms. The molecular weight excluding hydrogens is 160 g/mol. The van der Waals surface area contributed by atoms with E-state index in [0.717, 1.165) is 32.4 Å². The van der Waals surface area contributed by atoms with Crippen molar-refractivity contribution in [2.45, 2.75) is 45.2 Å². The molecule has 0 aromatic rings. The summed E-state index contributed by atoms with van der Waals surface area (Å²) >= 11 is 0. The Morgan fingerprint density at radius 3 is 2.85 bits per heavy atom. The van der Waals surface area contributed by atoms with E-state index in [1.165, 1.54) is 5.57 Å². The molecule has 1 saturated heterocycles. The third-order valence-electron chi connectivity index (χ3n) is 2.88. The lowest BCUT2D eigenvalue weighted by Crippen LogP contribution is -2.45. The minimum atomic E-state index is 0.427. The fourth-order valence-electron chi connectivity index (χ4n) is 1.92. The zero-order valence-corrected chi connectivity index (χ0v) is 8.92. The molecule has 1 rings (SSSR count). The summed E-state index contributed by atoms with van der Waals surface area (Å²) in [6.45, 7) is 10.6. The molecule has 0 aromatic carbocycles. The van der Waals surface area contributed by atoms with Gasteiger partial charge in [-0.3, -0.25) is 0 Å². The number of likely N-dealkylation sites (tertiary alicyclic amines) is 1. The first-order valence-electron chi connectivity index (χ1n) is 5.23. The van der Waals surface area contributed by atoms with Crippen LogP contribution in [0.2, 0.25) is 0 Å². The maximum Gasteiger partial charge on any atom is 0.00818 e. The molecule has 1 aliphatic rings. The topological polar surface area (TPSA) is 29.3 Å². The summed E-state index contributed by atoms with van der Waals surface area (Å²) in [6, 6.07) is 1.08. The summed E-state index contributed by atoms with van der Waals surface area (Å²) in [7, 11) is 0. The van der Waals surface area contributed by atoms with Crippen LogP contribution in [-0.2, 0) is 0 Å². The molecule has 2 unspecified atom stereocenters. The van der Waals surface area contributed by atoms with E-state index in [0.29, 0.717) is 12.1 Å². The number of nitrogens with zero attached hydrogens (tertiary/aromatic N) is 1. The molecule has 0 saturated carbocycles. The van der Waals surface area contributed by atoms with Gasteiger partial charge in [-0.05, 0) is 39.7 Å². The standard InChI is InChI=1S/C11H22N2/c1-9(2)4-6-13-7-5-11(12)8-10(13)3/h10-11H,1,4-8,12H2,2-3H3. The maximum absolute atomic E-state index is 5.90. The molecule has 0 aromatic heterocycles. The average Bonchev–Trinajstić information content (AvgIpc) is 2.02. The predicted molar refractivity (Wildman–Crippen MR) is 57.7 cm³/mol. The van der Waals surface area contributed by atoms with Gasteiger partial charge >= 0.3 is 0 Å². The van der Waals surface area contributed by atoms with Crippen molar-refractivity contribution in [3.05, 3.63) is 12.2 Å². The van der Waals surface area contributed by atoms with Crippen LogP contribution in [0.3, 0.4) is 0 Å². The number of hydrogen-bond donors (Lipinski definition) is 1. The number of piperidine rings is 1. The third-order valence-corrected chi connectivity index (χ3v) is 2.88. The largest absolute Gasteiger partial charge is 0.328 e. The smallest absolute Gasteiger partial charge is 0.00818 e. The van der Waals surface area contributed by atoms with Gasteiger partial charge in [-0.15, -0.1) is 6.58 Å². The Labute approximate surface area is 81.8 Å². The van der Waals surface area contributed by atoms with Crippen molar-refractivity contribution < 1.29 is 0 Å². The Kier molecular flexibility index (Phi) is 3.94. The van der Waals surface area contributed by atoms with E-state index in [4.69, 9.17) is 5.73 Å². The Morgan fingerprint density at radius 2 is 2.31 bits per heavy atom. The quantitative estimate of drug-likeness (QED) is 0.674. The Hall–Kier alpha value is -0.340. The Balaban J connectivity index is 2.29. The average molecular weight is 182 g/mol. The molecule has 1 heterocycles. The molecule has 76 valence electrons. The van der Waals surface area contributed by atoms with Gasteiger partial charge in [0.05, 0.1) is 0 Å². The molecule has 1 fully saturated rings. The van der Waals surface area contributed by atoms with Gasteiger partial charge in [-0.2, -0.15) is 0 Å². The summed E-state index contributed by atoms with van der Waals surface area (Å²) in [6.07, 6.45) is 3.43. The molecule has 0 spiro atoms. The van der Waals surface area contributed by atoms with Crippen molar-refractivity contribution in [1.29, 1.82) is 0 Å². The highest BCUT2D eigenvalue weighted by molar-refractivity contribution is 4.90. The van der Waals surface area contributed by atoms with Gasteiger partial charge in [0.25, 0.3) is 0 Å². The number of hydrogen-bond acceptors (Lipinski definition) is 2. The van der Waals surface area contributed by atoms with Crippen LogP contribution in [0.15, 0.2) is 12.2 Å². The van der Waals surface area contributed by atoms with Crippen molar-refractivity contribution in [1.82, 2.24) is 4.90 Å². The van der Waals surface area contributed by atoms with E-state index in [2.05, 4.69) is 25.3 Å². The monoisotopic (exact) mass is 182 g/mol. The highest BCUT2D eigenvalue weighted by atomic mass is 15.2. The molecule has 0 aliphatic carbocycles. The van der Waals surface area contributed by atoms with Gasteiger partial charge in [-0.1, -0.05) is 5.57 Å². The summed E-state index contributed by atoms with van der Waals surface area (Å²) in [5, 5.41) is 0. The number of rotatable bonds is 3. The number of nitrogens with two attached hydrogens (primary N) is 1. The van der Waals surface area contributed by atoms with Crippen molar-refractivity contribution in [3.63, 3.8) is 0 Å². The summed E-state index contributed by atoms with van der Waals surface area (Å²) in [4.78, 5) is 2.53. The zero-order chi connectivity index (χ0) is 9.84. The highest BCUT2D eigenvalue weighted by Gasteiger charge is 2.22. The summed E-state index contributed by atoms with van der Waals surface area (Å²) < 4.78 is 0. The van der Waals surface area contributed by atoms with Gasteiger partial charge in [0.2, 0.25) is 0 Å². The first-order valence-corrected chi connectivity index (χ1v) is 5.23. The van der Waals surface area contributed by atoms with Crippen LogP contribution in [0, 0.1) is 0 Å². The fourth-order valence-corrected chi connectivity index (χ4v) is 1.92. The van der Waals surface area contributed by atoms with Crippen molar-refractivity contribution >= 4 is 0 Å². The maximum atomic E-state index is 5.90. The summed E-state index contributed by atoms with van der Waals surface area (Å²) in [5.74, 6) is 0. The van der Waals surface area contributed by atoms with Crippen LogP contribution < -0.4 is 5.73 Å². The second-order valence-corrected chi connectivity index (χ2v) is 4.38. The normalized spacial score (nSPS) is 30.4. The molecule has 13 heavy (non-hydrogen) atoms. The molecule has 2 nitrogen and oxygen atoms in total. The van der Waals surface area contributed by atoms with Gasteiger partial charge in [0.15, 0.2) is 0 Å². The second kappa shape index (κ2) is 4.77. The predicted octanol–water partition coefficient (Wildman–Crippen LogP) is 1.76. The molecule has 0 radical (unpaired) electrons. The van der Waals surface area contributed by atoms with E-state index in [1.807, 2.05) is 0 Å². The SMILES string of the molecule is C=C(C)CCN1CCC(N)CC1C. The van der Waals surface area contributed by atoms with Gasteiger partial charge < -0.3 is 10.6 Å². The Bertz CT molecular complexity index is 177. The zero-order valence-electron chi connectivity index (χ0n) is 8.92. The lowest BCUT2D eigenvalue weighted by molar-refractivity contribution is 0.149. The van der Waals surface area contributed by atoms with Crippen LogP contribution in [0.4, 0.5) is 0 Å². The Morgan fingerprint density at radius 1 is 1.62 bits per heavy atom. The van der Waals surface area contributed by atoms with Gasteiger partial charge in [0.1, 0.15) is 0 Å². The fraction of sp³-hybridized carbons (Fsp3) is 0.818. The van der Waals surface area contributed by atoms with E-state index in [9.17, 15) is 0 Å². The molecular formula is C11H22N2. The van der Waals surface area contributed by atoms with E-state index in [1.54, 1.807) is 0 Å². The van der Waals surface area contributed by atoms with E-state index < -0.39 is 0 Å².